The first-order chi connectivity index (χ1) is 17.8. The van der Waals surface area contributed by atoms with E-state index in [1.165, 1.54) is 0 Å². The lowest BCUT2D eigenvalue weighted by atomic mass is 10.1. The molecular weight excluding hydrogens is 494 g/mol. The standard InChI is InChI=1S/C28H31NO7S/c1-16(2)35-25(28(30)31)14-18-6-7-24(22-9-11-37-26(18)22)34-10-8-23-17(3)36-27(29-23)19-12-20(32-4)15-21(13-19)33-5/h6-7,9,11-13,15-16,25H,8,10,14H2,1-5H3,(H,30,31)/t25-/m0/s1. The van der Waals surface area contributed by atoms with Crippen LogP contribution in [0.1, 0.15) is 30.9 Å². The lowest BCUT2D eigenvalue weighted by Gasteiger charge is -2.17. The highest BCUT2D eigenvalue weighted by atomic mass is 32.1. The van der Waals surface area contributed by atoms with Gasteiger partial charge in [0.1, 0.15) is 23.0 Å². The van der Waals surface area contributed by atoms with Crippen molar-refractivity contribution in [1.29, 1.82) is 0 Å². The van der Waals surface area contributed by atoms with E-state index in [1.807, 2.05) is 56.5 Å². The molecule has 0 unspecified atom stereocenters. The number of fused-ring (bicyclic) bond motifs is 1. The first-order valence-corrected chi connectivity index (χ1v) is 12.9. The molecule has 0 spiro atoms. The number of nitrogens with zero attached hydrogens (tertiary/aromatic N) is 1. The van der Waals surface area contributed by atoms with Crippen LogP contribution in [0.4, 0.5) is 0 Å². The molecule has 0 fully saturated rings. The summed E-state index contributed by atoms with van der Waals surface area (Å²) in [5.41, 5.74) is 2.50. The van der Waals surface area contributed by atoms with Gasteiger partial charge in [-0.25, -0.2) is 9.78 Å². The van der Waals surface area contributed by atoms with E-state index in [4.69, 9.17) is 23.4 Å². The topological polar surface area (TPSA) is 100 Å². The number of oxazole rings is 1. The van der Waals surface area contributed by atoms with Gasteiger partial charge < -0.3 is 28.5 Å². The molecule has 2 aromatic carbocycles. The first kappa shape index (κ1) is 26.5. The van der Waals surface area contributed by atoms with Gasteiger partial charge in [-0.05, 0) is 56.0 Å². The van der Waals surface area contributed by atoms with Crippen LogP contribution in [0, 0.1) is 6.92 Å². The Morgan fingerprint density at radius 3 is 2.49 bits per heavy atom. The van der Waals surface area contributed by atoms with E-state index in [1.54, 1.807) is 31.6 Å². The molecule has 8 nitrogen and oxygen atoms in total. The second kappa shape index (κ2) is 11.7. The Kier molecular flexibility index (Phi) is 8.35. The maximum absolute atomic E-state index is 11.7. The Labute approximate surface area is 219 Å². The van der Waals surface area contributed by atoms with Crippen LogP contribution in [0.15, 0.2) is 46.2 Å². The molecule has 0 saturated heterocycles. The van der Waals surface area contributed by atoms with E-state index >= 15 is 0 Å². The second-order valence-electron chi connectivity index (χ2n) is 8.82. The fourth-order valence-electron chi connectivity index (χ4n) is 4.07. The van der Waals surface area contributed by atoms with Gasteiger partial charge in [-0.15, -0.1) is 11.3 Å². The van der Waals surface area contributed by atoms with Gasteiger partial charge in [-0.1, -0.05) is 6.07 Å². The molecule has 0 bridgehead atoms. The third-order valence-corrected chi connectivity index (χ3v) is 6.85. The van der Waals surface area contributed by atoms with Gasteiger partial charge in [0.15, 0.2) is 6.10 Å². The van der Waals surface area contributed by atoms with Gasteiger partial charge in [-0.2, -0.15) is 0 Å². The van der Waals surface area contributed by atoms with Gasteiger partial charge in [0.25, 0.3) is 0 Å². The lowest BCUT2D eigenvalue weighted by molar-refractivity contribution is -0.153. The fraction of sp³-hybridized carbons (Fsp3) is 0.357. The SMILES string of the molecule is COc1cc(OC)cc(-c2nc(CCOc3ccc(C[C@H](OC(C)C)C(=O)O)c4sccc34)c(C)o2)c1. The predicted octanol–water partition coefficient (Wildman–Crippen LogP) is 5.92. The molecule has 0 aliphatic carbocycles. The monoisotopic (exact) mass is 525 g/mol. The average molecular weight is 526 g/mol. The number of benzene rings is 2. The zero-order valence-corrected chi connectivity index (χ0v) is 22.4. The van der Waals surface area contributed by atoms with Crippen molar-refractivity contribution >= 4 is 27.4 Å². The van der Waals surface area contributed by atoms with E-state index in [-0.39, 0.29) is 6.10 Å². The molecule has 0 aliphatic heterocycles. The van der Waals surface area contributed by atoms with Crippen molar-refractivity contribution in [3.05, 3.63) is 58.8 Å². The zero-order valence-electron chi connectivity index (χ0n) is 21.6. The normalized spacial score (nSPS) is 12.2. The molecule has 0 saturated carbocycles. The highest BCUT2D eigenvalue weighted by Crippen LogP contribution is 2.34. The number of hydrogen-bond acceptors (Lipinski definition) is 8. The number of aromatic nitrogens is 1. The molecule has 2 aromatic heterocycles. The predicted molar refractivity (Wildman–Crippen MR) is 142 cm³/mol. The number of hydrogen-bond donors (Lipinski definition) is 1. The number of aryl methyl sites for hydroxylation is 1. The number of methoxy groups -OCH3 is 2. The summed E-state index contributed by atoms with van der Waals surface area (Å²) >= 11 is 1.56. The van der Waals surface area contributed by atoms with Crippen LogP contribution in [0.25, 0.3) is 21.5 Å². The maximum atomic E-state index is 11.7. The quantitative estimate of drug-likeness (QED) is 0.243. The van der Waals surface area contributed by atoms with Crippen LogP contribution in [-0.4, -0.2) is 49.1 Å². The molecule has 0 aliphatic rings. The first-order valence-electron chi connectivity index (χ1n) is 12.0. The smallest absolute Gasteiger partial charge is 0.333 e. The Hall–Kier alpha value is -3.56. The van der Waals surface area contributed by atoms with Crippen LogP contribution in [0.5, 0.6) is 17.2 Å². The molecule has 1 atom stereocenters. The molecule has 9 heteroatoms. The summed E-state index contributed by atoms with van der Waals surface area (Å²) in [7, 11) is 3.20. The van der Waals surface area contributed by atoms with Crippen LogP contribution < -0.4 is 14.2 Å². The lowest BCUT2D eigenvalue weighted by Crippen LogP contribution is -2.29. The van der Waals surface area contributed by atoms with E-state index in [2.05, 4.69) is 4.98 Å². The van der Waals surface area contributed by atoms with Crippen molar-refractivity contribution in [1.82, 2.24) is 4.98 Å². The summed E-state index contributed by atoms with van der Waals surface area (Å²) in [5.74, 6) is 2.31. The van der Waals surface area contributed by atoms with Gasteiger partial charge >= 0.3 is 5.97 Å². The van der Waals surface area contributed by atoms with Crippen molar-refractivity contribution < 1.29 is 33.3 Å². The van der Waals surface area contributed by atoms with E-state index in [9.17, 15) is 9.90 Å². The maximum Gasteiger partial charge on any atom is 0.333 e. The number of rotatable bonds is 12. The van der Waals surface area contributed by atoms with E-state index in [0.717, 1.165) is 38.4 Å². The van der Waals surface area contributed by atoms with Crippen LogP contribution >= 0.6 is 11.3 Å². The van der Waals surface area contributed by atoms with Crippen molar-refractivity contribution in [2.45, 2.75) is 45.8 Å². The summed E-state index contributed by atoms with van der Waals surface area (Å²) in [6, 6.07) is 11.3. The summed E-state index contributed by atoms with van der Waals surface area (Å²) in [4.78, 5) is 16.3. The summed E-state index contributed by atoms with van der Waals surface area (Å²) in [6.07, 6.45) is -0.214. The number of ether oxygens (including phenoxy) is 4. The van der Waals surface area contributed by atoms with Crippen LogP contribution in [0.2, 0.25) is 0 Å². The molecule has 196 valence electrons. The minimum atomic E-state index is -0.964. The molecule has 4 rings (SSSR count). The highest BCUT2D eigenvalue weighted by molar-refractivity contribution is 7.17. The van der Waals surface area contributed by atoms with Gasteiger partial charge in [0.2, 0.25) is 5.89 Å². The highest BCUT2D eigenvalue weighted by Gasteiger charge is 2.22. The molecule has 0 amide bonds. The molecular formula is C28H31NO7S. The third-order valence-electron chi connectivity index (χ3n) is 5.86. The number of aliphatic carboxylic acids is 1. The van der Waals surface area contributed by atoms with Gasteiger partial charge in [0, 0.05) is 34.6 Å². The summed E-state index contributed by atoms with van der Waals surface area (Å²) < 4.78 is 29.4. The van der Waals surface area contributed by atoms with Gasteiger partial charge in [0.05, 0.1) is 32.6 Å². The third kappa shape index (κ3) is 6.23. The van der Waals surface area contributed by atoms with E-state index in [0.29, 0.717) is 36.8 Å². The Morgan fingerprint density at radius 1 is 1.11 bits per heavy atom. The fourth-order valence-corrected chi connectivity index (χ4v) is 5.01. The van der Waals surface area contributed by atoms with E-state index < -0.39 is 12.1 Å². The van der Waals surface area contributed by atoms with Crippen LogP contribution in [-0.2, 0) is 22.4 Å². The summed E-state index contributed by atoms with van der Waals surface area (Å²) in [6.45, 7) is 5.96. The average Bonchev–Trinajstić information content (AvgIpc) is 3.51. The molecule has 1 N–H and O–H groups in total. The summed E-state index contributed by atoms with van der Waals surface area (Å²) in [5, 5.41) is 12.5. The molecule has 2 heterocycles. The second-order valence-corrected chi connectivity index (χ2v) is 9.74. The Bertz CT molecular complexity index is 1350. The number of carboxylic acids is 1. The van der Waals surface area contributed by atoms with Crippen molar-refractivity contribution in [3.63, 3.8) is 0 Å². The number of thiophene rings is 1. The zero-order chi connectivity index (χ0) is 26.5. The van der Waals surface area contributed by atoms with Gasteiger partial charge in [-0.3, -0.25) is 0 Å². The van der Waals surface area contributed by atoms with Crippen LogP contribution in [0.3, 0.4) is 0 Å². The number of carbonyl (C=O) groups is 1. The van der Waals surface area contributed by atoms with Crippen molar-refractivity contribution in [3.8, 4) is 28.7 Å². The Morgan fingerprint density at radius 2 is 1.84 bits per heavy atom. The molecule has 4 aromatic rings. The minimum absolute atomic E-state index is 0.172. The van der Waals surface area contributed by atoms with Crippen molar-refractivity contribution in [2.24, 2.45) is 0 Å². The Balaban J connectivity index is 1.46. The largest absolute Gasteiger partial charge is 0.497 e. The molecule has 0 radical (unpaired) electrons. The number of carboxylic acid groups (broad SMARTS) is 1. The minimum Gasteiger partial charge on any atom is -0.497 e. The molecule has 37 heavy (non-hydrogen) atoms. The van der Waals surface area contributed by atoms with Crippen molar-refractivity contribution in [2.75, 3.05) is 20.8 Å².